The van der Waals surface area contributed by atoms with E-state index in [1.54, 1.807) is 19.2 Å². The van der Waals surface area contributed by atoms with Crippen LogP contribution in [0.1, 0.15) is 12.5 Å². The van der Waals surface area contributed by atoms with Crippen molar-refractivity contribution in [1.82, 2.24) is 14.5 Å². The van der Waals surface area contributed by atoms with Gasteiger partial charge in [0.25, 0.3) is 11.1 Å². The fourth-order valence-electron chi connectivity index (χ4n) is 3.07. The summed E-state index contributed by atoms with van der Waals surface area (Å²) in [6.45, 7) is 1.49. The van der Waals surface area contributed by atoms with Crippen LogP contribution in [0, 0.1) is 0 Å². The van der Waals surface area contributed by atoms with Gasteiger partial charge >= 0.3 is 5.97 Å². The first-order valence-corrected chi connectivity index (χ1v) is 10.7. The zero-order valence-corrected chi connectivity index (χ0v) is 18.3. The molecule has 4 rings (SSSR count). The van der Waals surface area contributed by atoms with Gasteiger partial charge < -0.3 is 9.30 Å². The maximum atomic E-state index is 12.5. The van der Waals surface area contributed by atoms with Gasteiger partial charge in [0.2, 0.25) is 0 Å². The fourth-order valence-corrected chi connectivity index (χ4v) is 4.33. The summed E-state index contributed by atoms with van der Waals surface area (Å²) < 4.78 is 7.76. The van der Waals surface area contributed by atoms with Gasteiger partial charge in [-0.1, -0.05) is 12.1 Å². The maximum Gasteiger partial charge on any atom is 0.326 e. The molecule has 1 aliphatic heterocycles. The van der Waals surface area contributed by atoms with Gasteiger partial charge in [0, 0.05) is 27.9 Å². The van der Waals surface area contributed by atoms with Gasteiger partial charge in [0.05, 0.1) is 11.5 Å². The number of pyridine rings is 1. The molecule has 2 aromatic heterocycles. The van der Waals surface area contributed by atoms with Gasteiger partial charge in [0.15, 0.2) is 0 Å². The molecule has 1 fully saturated rings. The summed E-state index contributed by atoms with van der Waals surface area (Å²) in [6, 6.07) is 11.4. The molecular weight excluding hydrogens is 470 g/mol. The summed E-state index contributed by atoms with van der Waals surface area (Å²) in [5.74, 6) is -1.10. The first kappa shape index (κ1) is 20.4. The monoisotopic (exact) mass is 485 g/mol. The summed E-state index contributed by atoms with van der Waals surface area (Å²) in [4.78, 5) is 41.8. The Kier molecular flexibility index (Phi) is 5.74. The highest BCUT2D eigenvalue weighted by atomic mass is 79.9. The Morgan fingerprint density at radius 3 is 2.70 bits per heavy atom. The van der Waals surface area contributed by atoms with Crippen LogP contribution in [0.15, 0.2) is 58.2 Å². The number of carbonyl (C=O) groups is 3. The van der Waals surface area contributed by atoms with Crippen LogP contribution in [0.3, 0.4) is 0 Å². The Morgan fingerprint density at radius 2 is 1.97 bits per heavy atom. The zero-order chi connectivity index (χ0) is 21.3. The maximum absolute atomic E-state index is 12.5. The smallest absolute Gasteiger partial charge is 0.326 e. The molecule has 3 aromatic rings. The van der Waals surface area contributed by atoms with Crippen LogP contribution in [0.4, 0.5) is 4.79 Å². The van der Waals surface area contributed by atoms with Crippen molar-refractivity contribution in [1.29, 1.82) is 0 Å². The number of esters is 1. The molecule has 0 bridgehead atoms. The van der Waals surface area contributed by atoms with Crippen molar-refractivity contribution in [2.75, 3.05) is 13.2 Å². The number of hydrogen-bond donors (Lipinski definition) is 0. The van der Waals surface area contributed by atoms with Crippen molar-refractivity contribution in [3.05, 3.63) is 63.7 Å². The minimum Gasteiger partial charge on any atom is -0.465 e. The van der Waals surface area contributed by atoms with E-state index in [1.807, 2.05) is 47.2 Å². The van der Waals surface area contributed by atoms with Crippen molar-refractivity contribution >= 4 is 61.9 Å². The summed E-state index contributed by atoms with van der Waals surface area (Å²) in [6.07, 6.45) is 5.32. The summed E-state index contributed by atoms with van der Waals surface area (Å²) in [5.41, 5.74) is 2.52. The summed E-state index contributed by atoms with van der Waals surface area (Å²) in [5, 5.41) is 0.531. The van der Waals surface area contributed by atoms with Crippen LogP contribution in [0.2, 0.25) is 0 Å². The third-order valence-electron chi connectivity index (χ3n) is 4.47. The molecule has 3 heterocycles. The van der Waals surface area contributed by atoms with E-state index < -0.39 is 17.1 Å². The number of imide groups is 1. The molecule has 0 aliphatic carbocycles. The number of fused-ring (bicyclic) bond motifs is 1. The van der Waals surface area contributed by atoms with Gasteiger partial charge in [-0.25, -0.2) is 4.98 Å². The molecular formula is C21H16BrN3O4S. The number of hydrogen-bond acceptors (Lipinski definition) is 6. The molecule has 1 saturated heterocycles. The Bertz CT molecular complexity index is 1190. The van der Waals surface area contributed by atoms with E-state index in [4.69, 9.17) is 4.74 Å². The number of nitrogens with zero attached hydrogens (tertiary/aromatic N) is 3. The third-order valence-corrected chi connectivity index (χ3v) is 6.07. The van der Waals surface area contributed by atoms with Gasteiger partial charge in [0.1, 0.15) is 12.2 Å². The third kappa shape index (κ3) is 3.90. The highest BCUT2D eigenvalue weighted by molar-refractivity contribution is 9.10. The zero-order valence-electron chi connectivity index (χ0n) is 15.9. The highest BCUT2D eigenvalue weighted by Gasteiger charge is 2.36. The van der Waals surface area contributed by atoms with Gasteiger partial charge in [-0.15, -0.1) is 0 Å². The van der Waals surface area contributed by atoms with E-state index >= 15 is 0 Å². The minimum absolute atomic E-state index is 0.195. The minimum atomic E-state index is -0.607. The molecule has 30 heavy (non-hydrogen) atoms. The number of benzene rings is 1. The molecule has 2 amide bonds. The lowest BCUT2D eigenvalue weighted by molar-refractivity contribution is -0.145. The van der Waals surface area contributed by atoms with Gasteiger partial charge in [-0.05, 0) is 70.5 Å². The topological polar surface area (TPSA) is 81.5 Å². The van der Waals surface area contributed by atoms with Crippen LogP contribution in [0.25, 0.3) is 22.8 Å². The largest absolute Gasteiger partial charge is 0.465 e. The number of thioether (sulfide) groups is 1. The summed E-state index contributed by atoms with van der Waals surface area (Å²) in [7, 11) is 0. The number of ether oxygens (including phenoxy) is 1. The van der Waals surface area contributed by atoms with E-state index in [1.165, 1.54) is 0 Å². The number of rotatable bonds is 5. The van der Waals surface area contributed by atoms with E-state index in [2.05, 4.69) is 20.9 Å². The first-order valence-electron chi connectivity index (χ1n) is 9.11. The molecule has 152 valence electrons. The predicted molar refractivity (Wildman–Crippen MR) is 118 cm³/mol. The lowest BCUT2D eigenvalue weighted by atomic mass is 10.2. The summed E-state index contributed by atoms with van der Waals surface area (Å²) >= 11 is 4.34. The molecule has 0 spiro atoms. The highest BCUT2D eigenvalue weighted by Crippen LogP contribution is 2.32. The predicted octanol–water partition coefficient (Wildman–Crippen LogP) is 4.39. The molecule has 0 radical (unpaired) electrons. The molecule has 0 N–H and O–H groups in total. The molecule has 7 nitrogen and oxygen atoms in total. The van der Waals surface area contributed by atoms with Gasteiger partial charge in [-0.3, -0.25) is 19.3 Å². The average molecular weight is 486 g/mol. The standard InChI is InChI=1S/C21H16BrN3O4S/c1-2-29-18(26)12-25-20(27)17(30-21(25)28)11-13-3-5-14(6-4-13)24-10-8-15-16(22)7-9-23-19(15)24/h3-11H,2,12H2,1H3. The number of aromatic nitrogens is 2. The number of halogens is 1. The van der Waals surface area contributed by atoms with E-state index in [9.17, 15) is 14.4 Å². The Labute approximate surface area is 184 Å². The van der Waals surface area contributed by atoms with Crippen LogP contribution >= 0.6 is 27.7 Å². The Balaban J connectivity index is 1.55. The van der Waals surface area contributed by atoms with Crippen molar-refractivity contribution in [3.8, 4) is 5.69 Å². The molecule has 1 aromatic carbocycles. The van der Waals surface area contributed by atoms with Gasteiger partial charge in [-0.2, -0.15) is 0 Å². The molecule has 0 saturated carbocycles. The lowest BCUT2D eigenvalue weighted by Gasteiger charge is -2.10. The average Bonchev–Trinajstić information content (AvgIpc) is 3.27. The van der Waals surface area contributed by atoms with E-state index in [0.29, 0.717) is 0 Å². The van der Waals surface area contributed by atoms with Crippen LogP contribution < -0.4 is 0 Å². The van der Waals surface area contributed by atoms with Crippen molar-refractivity contribution in [2.45, 2.75) is 6.92 Å². The second kappa shape index (κ2) is 8.45. The normalized spacial score (nSPS) is 15.4. The number of amides is 2. The van der Waals surface area contributed by atoms with Crippen molar-refractivity contribution in [2.24, 2.45) is 0 Å². The number of carbonyl (C=O) groups excluding carboxylic acids is 3. The Morgan fingerprint density at radius 1 is 1.20 bits per heavy atom. The van der Waals surface area contributed by atoms with Crippen molar-refractivity contribution < 1.29 is 19.1 Å². The fraction of sp³-hybridized carbons (Fsp3) is 0.143. The Hall–Kier alpha value is -2.91. The van der Waals surface area contributed by atoms with Crippen LogP contribution in [0.5, 0.6) is 0 Å². The van der Waals surface area contributed by atoms with E-state index in [-0.39, 0.29) is 18.1 Å². The van der Waals surface area contributed by atoms with Crippen LogP contribution in [-0.4, -0.2) is 44.7 Å². The van der Waals surface area contributed by atoms with Crippen molar-refractivity contribution in [3.63, 3.8) is 0 Å². The van der Waals surface area contributed by atoms with E-state index in [0.717, 1.165) is 43.4 Å². The van der Waals surface area contributed by atoms with Crippen LogP contribution in [-0.2, 0) is 14.3 Å². The molecule has 9 heteroatoms. The second-order valence-corrected chi connectivity index (χ2v) is 8.23. The molecule has 0 atom stereocenters. The lowest BCUT2D eigenvalue weighted by Crippen LogP contribution is -2.34. The quantitative estimate of drug-likeness (QED) is 0.393. The second-order valence-electron chi connectivity index (χ2n) is 6.38. The first-order chi connectivity index (χ1) is 14.5. The SMILES string of the molecule is CCOC(=O)CN1C(=O)SC(=Cc2ccc(-n3ccc4c(Br)ccnc43)cc2)C1=O. The molecule has 1 aliphatic rings. The molecule has 0 unspecified atom stereocenters.